The number of aryl methyl sites for hydroxylation is 1. The molecule has 0 aliphatic heterocycles. The van der Waals surface area contributed by atoms with E-state index in [9.17, 15) is 8.42 Å². The van der Waals surface area contributed by atoms with Gasteiger partial charge in [-0.05, 0) is 46.6 Å². The second-order valence-electron chi connectivity index (χ2n) is 4.10. The lowest BCUT2D eigenvalue weighted by molar-refractivity contribution is 0.603. The Morgan fingerprint density at radius 2 is 2.00 bits per heavy atom. The summed E-state index contributed by atoms with van der Waals surface area (Å²) in [4.78, 5) is 4.35. The van der Waals surface area contributed by atoms with E-state index in [0.717, 1.165) is 19.6 Å². The van der Waals surface area contributed by atoms with Gasteiger partial charge in [0, 0.05) is 0 Å². The van der Waals surface area contributed by atoms with Crippen LogP contribution in [0.25, 0.3) is 10.2 Å². The van der Waals surface area contributed by atoms with Crippen molar-refractivity contribution in [2.24, 2.45) is 0 Å². The van der Waals surface area contributed by atoms with Gasteiger partial charge in [-0.3, -0.25) is 4.72 Å². The Morgan fingerprint density at radius 1 is 1.20 bits per heavy atom. The SMILES string of the molecule is Cc1cccc2sc(NS(=O)(=O)c3ccc(Br)s3)nc12. The molecule has 1 N–H and O–H groups in total. The Hall–Kier alpha value is -0.960. The number of hydrogen-bond donors (Lipinski definition) is 1. The lowest BCUT2D eigenvalue weighted by Gasteiger charge is -2.01. The van der Waals surface area contributed by atoms with E-state index in [0.29, 0.717) is 5.13 Å². The monoisotopic (exact) mass is 388 g/mol. The van der Waals surface area contributed by atoms with E-state index in [4.69, 9.17) is 0 Å². The molecule has 0 aliphatic carbocycles. The fourth-order valence-electron chi connectivity index (χ4n) is 1.74. The average Bonchev–Trinajstić information content (AvgIpc) is 2.96. The van der Waals surface area contributed by atoms with Gasteiger partial charge >= 0.3 is 0 Å². The minimum atomic E-state index is -3.57. The largest absolute Gasteiger partial charge is 0.273 e. The van der Waals surface area contributed by atoms with E-state index < -0.39 is 10.0 Å². The molecule has 104 valence electrons. The highest BCUT2D eigenvalue weighted by Crippen LogP contribution is 2.31. The first-order valence-electron chi connectivity index (χ1n) is 5.60. The Balaban J connectivity index is 1.99. The molecule has 3 aromatic rings. The van der Waals surface area contributed by atoms with Crippen molar-refractivity contribution >= 4 is 64.0 Å². The number of nitrogens with one attached hydrogen (secondary N) is 1. The highest BCUT2D eigenvalue weighted by Gasteiger charge is 2.18. The molecule has 0 saturated carbocycles. The minimum Gasteiger partial charge on any atom is -0.254 e. The number of aromatic nitrogens is 1. The highest BCUT2D eigenvalue weighted by atomic mass is 79.9. The summed E-state index contributed by atoms with van der Waals surface area (Å²) in [6, 6.07) is 9.10. The summed E-state index contributed by atoms with van der Waals surface area (Å²) in [7, 11) is -3.57. The van der Waals surface area contributed by atoms with Crippen molar-refractivity contribution in [1.29, 1.82) is 0 Å². The van der Waals surface area contributed by atoms with Crippen LogP contribution in [0, 0.1) is 6.92 Å². The van der Waals surface area contributed by atoms with Crippen molar-refractivity contribution in [2.75, 3.05) is 4.72 Å². The molecule has 0 atom stereocenters. The maximum absolute atomic E-state index is 12.2. The third-order valence-corrected chi connectivity index (χ3v) is 7.18. The van der Waals surface area contributed by atoms with Crippen molar-refractivity contribution in [3.63, 3.8) is 0 Å². The molecule has 0 amide bonds. The van der Waals surface area contributed by atoms with E-state index in [2.05, 4.69) is 25.6 Å². The topological polar surface area (TPSA) is 59.1 Å². The molecule has 0 spiro atoms. The predicted molar refractivity (Wildman–Crippen MR) is 87.2 cm³/mol. The molecule has 2 heterocycles. The summed E-state index contributed by atoms with van der Waals surface area (Å²) in [6.45, 7) is 1.96. The third-order valence-electron chi connectivity index (χ3n) is 2.66. The van der Waals surface area contributed by atoms with Crippen LogP contribution in [0.5, 0.6) is 0 Å². The number of sulfonamides is 1. The molecule has 0 saturated heterocycles. The van der Waals surface area contributed by atoms with Crippen LogP contribution in [0.2, 0.25) is 0 Å². The molecule has 3 rings (SSSR count). The summed E-state index contributed by atoms with van der Waals surface area (Å²) in [6.07, 6.45) is 0. The maximum Gasteiger partial charge on any atom is 0.273 e. The van der Waals surface area contributed by atoms with Gasteiger partial charge < -0.3 is 0 Å². The van der Waals surface area contributed by atoms with Gasteiger partial charge in [0.2, 0.25) is 0 Å². The second kappa shape index (κ2) is 5.10. The van der Waals surface area contributed by atoms with Gasteiger partial charge in [-0.1, -0.05) is 23.5 Å². The summed E-state index contributed by atoms with van der Waals surface area (Å²) >= 11 is 5.76. The summed E-state index contributed by atoms with van der Waals surface area (Å²) in [5.41, 5.74) is 1.87. The van der Waals surface area contributed by atoms with Crippen LogP contribution in [0.1, 0.15) is 5.56 Å². The van der Waals surface area contributed by atoms with E-state index in [1.807, 2.05) is 25.1 Å². The molecular formula is C12H9BrN2O2S3. The third kappa shape index (κ3) is 2.60. The molecule has 2 aromatic heterocycles. The van der Waals surface area contributed by atoms with Crippen molar-refractivity contribution in [3.8, 4) is 0 Å². The van der Waals surface area contributed by atoms with Crippen LogP contribution in [0.4, 0.5) is 5.13 Å². The van der Waals surface area contributed by atoms with Crippen LogP contribution in [0.3, 0.4) is 0 Å². The zero-order chi connectivity index (χ0) is 14.3. The molecule has 20 heavy (non-hydrogen) atoms. The molecule has 8 heteroatoms. The van der Waals surface area contributed by atoms with E-state index in [1.54, 1.807) is 12.1 Å². The Labute approximate surface area is 132 Å². The van der Waals surface area contributed by atoms with Crippen LogP contribution in [-0.2, 0) is 10.0 Å². The second-order valence-corrected chi connectivity index (χ2v) is 9.51. The van der Waals surface area contributed by atoms with Gasteiger partial charge in [0.15, 0.2) is 5.13 Å². The van der Waals surface area contributed by atoms with Gasteiger partial charge in [-0.15, -0.1) is 11.3 Å². The number of rotatable bonds is 3. The van der Waals surface area contributed by atoms with E-state index in [-0.39, 0.29) is 4.21 Å². The van der Waals surface area contributed by atoms with Crippen LogP contribution >= 0.6 is 38.6 Å². The van der Waals surface area contributed by atoms with Gasteiger partial charge in [-0.2, -0.15) is 0 Å². The number of hydrogen-bond acceptors (Lipinski definition) is 5. The van der Waals surface area contributed by atoms with Crippen molar-refractivity contribution < 1.29 is 8.42 Å². The number of thiophene rings is 1. The van der Waals surface area contributed by atoms with Crippen molar-refractivity contribution in [3.05, 3.63) is 39.7 Å². The molecule has 0 bridgehead atoms. The van der Waals surface area contributed by atoms with Crippen LogP contribution < -0.4 is 4.72 Å². The summed E-state index contributed by atoms with van der Waals surface area (Å²) < 4.78 is 29.0. The van der Waals surface area contributed by atoms with Gasteiger partial charge in [0.25, 0.3) is 10.0 Å². The first-order chi connectivity index (χ1) is 9.45. The van der Waals surface area contributed by atoms with E-state index in [1.165, 1.54) is 22.7 Å². The molecule has 0 unspecified atom stereocenters. The fraction of sp³-hybridized carbons (Fsp3) is 0.0833. The highest BCUT2D eigenvalue weighted by molar-refractivity contribution is 9.11. The smallest absolute Gasteiger partial charge is 0.254 e. The number of fused-ring (bicyclic) bond motifs is 1. The lowest BCUT2D eigenvalue weighted by atomic mass is 10.2. The predicted octanol–water partition coefficient (Wildman–Crippen LogP) is 4.23. The quantitative estimate of drug-likeness (QED) is 0.729. The number of anilines is 1. The van der Waals surface area contributed by atoms with Crippen molar-refractivity contribution in [2.45, 2.75) is 11.1 Å². The van der Waals surface area contributed by atoms with Gasteiger partial charge in [0.05, 0.1) is 14.0 Å². The fourth-order valence-corrected chi connectivity index (χ4v) is 5.93. The lowest BCUT2D eigenvalue weighted by Crippen LogP contribution is -2.11. The minimum absolute atomic E-state index is 0.264. The van der Waals surface area contributed by atoms with Gasteiger partial charge in [0.1, 0.15) is 4.21 Å². The Kier molecular flexibility index (Phi) is 3.57. The summed E-state index contributed by atoms with van der Waals surface area (Å²) in [5.74, 6) is 0. The molecule has 0 radical (unpaired) electrons. The molecule has 0 aliphatic rings. The van der Waals surface area contributed by atoms with Gasteiger partial charge in [-0.25, -0.2) is 13.4 Å². The van der Waals surface area contributed by atoms with Crippen LogP contribution in [-0.4, -0.2) is 13.4 Å². The molecule has 1 aromatic carbocycles. The number of halogens is 1. The summed E-state index contributed by atoms with van der Waals surface area (Å²) in [5, 5.41) is 0.388. The number of benzene rings is 1. The zero-order valence-corrected chi connectivity index (χ0v) is 14.3. The zero-order valence-electron chi connectivity index (χ0n) is 10.3. The number of para-hydroxylation sites is 1. The average molecular weight is 389 g/mol. The standard InChI is InChI=1S/C12H9BrN2O2S3/c1-7-3-2-4-8-11(7)14-12(18-8)15-20(16,17)10-6-5-9(13)19-10/h2-6H,1H3,(H,14,15). The van der Waals surface area contributed by atoms with Crippen molar-refractivity contribution in [1.82, 2.24) is 4.98 Å². The normalized spacial score (nSPS) is 11.9. The molecule has 0 fully saturated rings. The number of nitrogens with zero attached hydrogens (tertiary/aromatic N) is 1. The molecule has 4 nitrogen and oxygen atoms in total. The Bertz CT molecular complexity index is 883. The first kappa shape index (κ1) is 14.0. The van der Waals surface area contributed by atoms with Crippen LogP contribution in [0.15, 0.2) is 38.3 Å². The maximum atomic E-state index is 12.2. The number of thiazole rings is 1. The molecular weight excluding hydrogens is 380 g/mol. The van der Waals surface area contributed by atoms with E-state index >= 15 is 0 Å². The first-order valence-corrected chi connectivity index (χ1v) is 9.51. The Morgan fingerprint density at radius 3 is 2.65 bits per heavy atom.